The molecule has 0 spiro atoms. The van der Waals surface area contributed by atoms with Crippen molar-refractivity contribution < 1.29 is 9.84 Å². The molecule has 3 aromatic rings. The molecule has 1 aliphatic carbocycles. The van der Waals surface area contributed by atoms with Gasteiger partial charge in [-0.05, 0) is 110 Å². The molecule has 1 aliphatic rings. The van der Waals surface area contributed by atoms with Crippen LogP contribution in [0.5, 0.6) is 11.5 Å². The predicted octanol–water partition coefficient (Wildman–Crippen LogP) is 6.42. The number of methoxy groups -OCH3 is 1. The van der Waals surface area contributed by atoms with Crippen molar-refractivity contribution in [1.29, 1.82) is 0 Å². The maximum atomic E-state index is 9.85. The van der Waals surface area contributed by atoms with E-state index in [-0.39, 0.29) is 6.04 Å². The molecule has 0 bridgehead atoms. The summed E-state index contributed by atoms with van der Waals surface area (Å²) in [7, 11) is 1.72. The third kappa shape index (κ3) is 6.92. The highest BCUT2D eigenvalue weighted by Gasteiger charge is 2.23. The molecule has 0 saturated carbocycles. The highest BCUT2D eigenvalue weighted by atomic mass is 16.5. The smallest absolute Gasteiger partial charge is 0.120 e. The lowest BCUT2D eigenvalue weighted by molar-refractivity contribution is 0.414. The summed E-state index contributed by atoms with van der Waals surface area (Å²) in [6.07, 6.45) is 8.03. The van der Waals surface area contributed by atoms with Gasteiger partial charge in [0.05, 0.1) is 7.11 Å². The number of aromatic hydroxyl groups is 1. The van der Waals surface area contributed by atoms with E-state index in [1.54, 1.807) is 13.2 Å². The lowest BCUT2D eigenvalue weighted by Crippen LogP contribution is -2.21. The van der Waals surface area contributed by atoms with Gasteiger partial charge in [-0.2, -0.15) is 0 Å². The van der Waals surface area contributed by atoms with Gasteiger partial charge in [-0.3, -0.25) is 0 Å². The maximum Gasteiger partial charge on any atom is 0.120 e. The van der Waals surface area contributed by atoms with Crippen LogP contribution in [-0.4, -0.2) is 31.3 Å². The summed E-state index contributed by atoms with van der Waals surface area (Å²) in [6, 6.07) is 21.6. The van der Waals surface area contributed by atoms with Crippen LogP contribution in [0.4, 0.5) is 5.69 Å². The van der Waals surface area contributed by atoms with E-state index in [1.807, 2.05) is 12.1 Å². The van der Waals surface area contributed by atoms with Crippen LogP contribution in [0.1, 0.15) is 53.5 Å². The summed E-state index contributed by atoms with van der Waals surface area (Å²) in [4.78, 5) is 0. The minimum absolute atomic E-state index is 0.287. The zero-order valence-electron chi connectivity index (χ0n) is 21.7. The van der Waals surface area contributed by atoms with Gasteiger partial charge in [0.15, 0.2) is 0 Å². The number of hydrogen-bond donors (Lipinski definition) is 3. The standard InChI is InChI=1S/C32H40N2O2/c1-4-5-17-33-18-16-24-6-8-25(9-7-24)19-23(2)34-32-22-30(36-3)14-15-31(32)28-11-10-27-21-29(35)13-12-26(27)20-28/h4,6-9,12-15,21-23,28,33-35H,1,5,10-11,16-20H2,2-3H3. The van der Waals surface area contributed by atoms with Crippen molar-refractivity contribution in [3.63, 3.8) is 0 Å². The predicted molar refractivity (Wildman–Crippen MR) is 150 cm³/mol. The van der Waals surface area contributed by atoms with Gasteiger partial charge in [0, 0.05) is 17.8 Å². The molecule has 0 aromatic heterocycles. The Labute approximate surface area is 216 Å². The van der Waals surface area contributed by atoms with E-state index in [0.717, 1.165) is 63.1 Å². The number of ether oxygens (including phenoxy) is 1. The number of anilines is 1. The SMILES string of the molecule is C=CCCNCCc1ccc(CC(C)Nc2cc(OC)ccc2C2CCc3cc(O)ccc3C2)cc1. The first kappa shape index (κ1) is 25.8. The molecule has 3 N–H and O–H groups in total. The van der Waals surface area contributed by atoms with Gasteiger partial charge >= 0.3 is 0 Å². The molecule has 0 heterocycles. The summed E-state index contributed by atoms with van der Waals surface area (Å²) in [6.45, 7) is 8.01. The largest absolute Gasteiger partial charge is 0.508 e. The topological polar surface area (TPSA) is 53.5 Å². The van der Waals surface area contributed by atoms with E-state index in [9.17, 15) is 5.11 Å². The monoisotopic (exact) mass is 484 g/mol. The average Bonchev–Trinajstić information content (AvgIpc) is 2.89. The normalized spacial score (nSPS) is 15.7. The average molecular weight is 485 g/mol. The molecule has 0 saturated heterocycles. The van der Waals surface area contributed by atoms with Crippen LogP contribution in [0.15, 0.2) is 73.3 Å². The molecule has 0 amide bonds. The van der Waals surface area contributed by atoms with Crippen LogP contribution < -0.4 is 15.4 Å². The molecule has 2 atom stereocenters. The zero-order chi connectivity index (χ0) is 25.3. The van der Waals surface area contributed by atoms with Crippen LogP contribution in [0.25, 0.3) is 0 Å². The van der Waals surface area contributed by atoms with E-state index in [0.29, 0.717) is 11.7 Å². The molecule has 4 nitrogen and oxygen atoms in total. The Morgan fingerprint density at radius 1 is 1.03 bits per heavy atom. The van der Waals surface area contributed by atoms with Gasteiger partial charge < -0.3 is 20.5 Å². The number of hydrogen-bond acceptors (Lipinski definition) is 4. The summed E-state index contributed by atoms with van der Waals surface area (Å²) in [5.41, 5.74) is 7.84. The summed E-state index contributed by atoms with van der Waals surface area (Å²) >= 11 is 0. The number of nitrogens with one attached hydrogen (secondary N) is 2. The molecular weight excluding hydrogens is 444 g/mol. The fraction of sp³-hybridized carbons (Fsp3) is 0.375. The highest BCUT2D eigenvalue weighted by molar-refractivity contribution is 5.58. The summed E-state index contributed by atoms with van der Waals surface area (Å²) < 4.78 is 5.56. The fourth-order valence-corrected chi connectivity index (χ4v) is 5.22. The second-order valence-corrected chi connectivity index (χ2v) is 9.99. The molecule has 190 valence electrons. The number of phenols is 1. The Morgan fingerprint density at radius 3 is 2.61 bits per heavy atom. The van der Waals surface area contributed by atoms with Crippen molar-refractivity contribution >= 4 is 5.69 Å². The van der Waals surface area contributed by atoms with E-state index in [1.165, 1.54) is 27.8 Å². The number of rotatable bonds is 12. The quantitative estimate of drug-likeness (QED) is 0.205. The second-order valence-electron chi connectivity index (χ2n) is 9.99. The van der Waals surface area contributed by atoms with E-state index in [4.69, 9.17) is 4.74 Å². The van der Waals surface area contributed by atoms with Gasteiger partial charge in [0.25, 0.3) is 0 Å². The van der Waals surface area contributed by atoms with Crippen molar-refractivity contribution in [1.82, 2.24) is 5.32 Å². The molecule has 4 heteroatoms. The van der Waals surface area contributed by atoms with Crippen molar-refractivity contribution in [3.8, 4) is 11.5 Å². The van der Waals surface area contributed by atoms with Crippen LogP contribution in [0.3, 0.4) is 0 Å². The van der Waals surface area contributed by atoms with Crippen LogP contribution >= 0.6 is 0 Å². The Kier molecular flexibility index (Phi) is 9.07. The van der Waals surface area contributed by atoms with E-state index in [2.05, 4.69) is 72.7 Å². The lowest BCUT2D eigenvalue weighted by Gasteiger charge is -2.28. The summed E-state index contributed by atoms with van der Waals surface area (Å²) in [5, 5.41) is 17.1. The van der Waals surface area contributed by atoms with Crippen LogP contribution in [0, 0.1) is 0 Å². The Balaban J connectivity index is 1.40. The van der Waals surface area contributed by atoms with E-state index >= 15 is 0 Å². The first-order valence-corrected chi connectivity index (χ1v) is 13.2. The number of phenolic OH excluding ortho intramolecular Hbond substituents is 1. The van der Waals surface area contributed by atoms with Crippen LogP contribution in [0.2, 0.25) is 0 Å². The van der Waals surface area contributed by atoms with Gasteiger partial charge in [-0.25, -0.2) is 0 Å². The fourth-order valence-electron chi connectivity index (χ4n) is 5.22. The maximum absolute atomic E-state index is 9.85. The Morgan fingerprint density at radius 2 is 1.83 bits per heavy atom. The highest BCUT2D eigenvalue weighted by Crippen LogP contribution is 2.38. The van der Waals surface area contributed by atoms with Gasteiger partial charge in [-0.15, -0.1) is 6.58 Å². The van der Waals surface area contributed by atoms with Crippen molar-refractivity contribution in [2.24, 2.45) is 0 Å². The lowest BCUT2D eigenvalue weighted by atomic mass is 9.79. The van der Waals surface area contributed by atoms with Crippen molar-refractivity contribution in [2.75, 3.05) is 25.5 Å². The van der Waals surface area contributed by atoms with Gasteiger partial charge in [-0.1, -0.05) is 42.5 Å². The van der Waals surface area contributed by atoms with Crippen LogP contribution in [-0.2, 0) is 25.7 Å². The van der Waals surface area contributed by atoms with Crippen molar-refractivity contribution in [3.05, 3.63) is 101 Å². The Hall–Kier alpha value is -3.24. The number of benzene rings is 3. The second kappa shape index (κ2) is 12.6. The third-order valence-electron chi connectivity index (χ3n) is 7.20. The molecule has 3 aromatic carbocycles. The number of aryl methyl sites for hydroxylation is 1. The van der Waals surface area contributed by atoms with Gasteiger partial charge in [0.1, 0.15) is 11.5 Å². The van der Waals surface area contributed by atoms with E-state index < -0.39 is 0 Å². The molecule has 36 heavy (non-hydrogen) atoms. The first-order chi connectivity index (χ1) is 17.6. The third-order valence-corrected chi connectivity index (χ3v) is 7.20. The molecule has 4 rings (SSSR count). The van der Waals surface area contributed by atoms with Crippen molar-refractivity contribution in [2.45, 2.75) is 57.4 Å². The first-order valence-electron chi connectivity index (χ1n) is 13.2. The minimum Gasteiger partial charge on any atom is -0.508 e. The van der Waals surface area contributed by atoms with Gasteiger partial charge in [0.2, 0.25) is 0 Å². The molecule has 2 unspecified atom stereocenters. The summed E-state index contributed by atoms with van der Waals surface area (Å²) in [5.74, 6) is 1.68. The Bertz CT molecular complexity index is 1140. The minimum atomic E-state index is 0.287. The molecule has 0 aliphatic heterocycles. The number of fused-ring (bicyclic) bond motifs is 1. The molecule has 0 fully saturated rings. The zero-order valence-corrected chi connectivity index (χ0v) is 21.7. The molecular formula is C32H40N2O2. The molecule has 0 radical (unpaired) electrons.